The van der Waals surface area contributed by atoms with Crippen LogP contribution in [0.25, 0.3) is 22.5 Å². The van der Waals surface area contributed by atoms with Crippen molar-refractivity contribution in [3.63, 3.8) is 0 Å². The fourth-order valence-electron chi connectivity index (χ4n) is 6.64. The number of aliphatic hydroxyl groups is 1. The standard InChI is InChI=1S/C22H17BrF3N5O3S.C17H16F3N3OS.C5H2BrFN2O2/c1-11(34-18-5-14(23)8-27-22(18)31(32)33)17-6-15(24)3-4-16(17)20-19(35-12(2)29-20)10-30-9-13(7-28-30)21(25)26;1-9(24)14-5-12(18)3-4-13(14)16-15(25-10(2)22-16)8-23-7-11(6-21-23)17(19)20;6-3-1-4(7)5(8-2-3)9(10)11/h3-9,11,21H,10H2,1-2H3;3-7,9,17,24H,8H2,1-2H3;1-2H. The van der Waals surface area contributed by atoms with Crippen LogP contribution in [0.15, 0.2) is 94.7 Å². The third-order valence-electron chi connectivity index (χ3n) is 9.69. The fraction of sp³-hybridized carbons (Fsp3) is 0.227. The Bertz CT molecular complexity index is 3190. The molecule has 27 heteroatoms. The molecule has 71 heavy (non-hydrogen) atoms. The van der Waals surface area contributed by atoms with Gasteiger partial charge in [-0.1, -0.05) is 0 Å². The third kappa shape index (κ3) is 13.9. The van der Waals surface area contributed by atoms with E-state index in [9.17, 15) is 56.1 Å². The van der Waals surface area contributed by atoms with Crippen molar-refractivity contribution in [2.75, 3.05) is 0 Å². The molecule has 0 aliphatic heterocycles. The maximum atomic E-state index is 14.3. The Balaban J connectivity index is 0.000000198. The van der Waals surface area contributed by atoms with Gasteiger partial charge in [-0.3, -0.25) is 9.36 Å². The van der Waals surface area contributed by atoms with Crippen LogP contribution in [0.1, 0.15) is 80.9 Å². The van der Waals surface area contributed by atoms with Crippen LogP contribution in [0, 0.1) is 51.5 Å². The quantitative estimate of drug-likeness (QED) is 0.0614. The summed E-state index contributed by atoms with van der Waals surface area (Å²) in [6.07, 6.45) is 0.359. The summed E-state index contributed by atoms with van der Waals surface area (Å²) < 4.78 is 101. The number of ether oxygens (including phenoxy) is 1. The molecule has 16 nitrogen and oxygen atoms in total. The van der Waals surface area contributed by atoms with Gasteiger partial charge in [-0.05, 0) is 121 Å². The van der Waals surface area contributed by atoms with E-state index in [0.29, 0.717) is 47.6 Å². The van der Waals surface area contributed by atoms with Gasteiger partial charge < -0.3 is 30.1 Å². The summed E-state index contributed by atoms with van der Waals surface area (Å²) in [6, 6.07) is 10.7. The number of aliphatic hydroxyl groups excluding tert-OH is 1. The number of alkyl halides is 4. The van der Waals surface area contributed by atoms with E-state index in [1.165, 1.54) is 87.2 Å². The number of hydrogen-bond donors (Lipinski definition) is 1. The SMILES string of the molecule is Cc1nc(-c2ccc(F)cc2C(C)O)c(Cn2cc(C(F)F)cn2)s1.Cc1nc(-c2ccc(F)cc2C(C)Oc2cc(Br)cnc2[N+](=O)[O-])c(Cn2cc(C(F)F)cn2)s1.O=[N+]([O-])c1ncc(Br)cc1F. The number of aromatic nitrogens is 8. The summed E-state index contributed by atoms with van der Waals surface area (Å²) in [6.45, 7) is 7.26. The average molecular weight is 1160 g/mol. The zero-order valence-electron chi connectivity index (χ0n) is 37.0. The highest BCUT2D eigenvalue weighted by Crippen LogP contribution is 2.39. The summed E-state index contributed by atoms with van der Waals surface area (Å²) in [5, 5.41) is 40.8. The molecule has 6 aromatic heterocycles. The van der Waals surface area contributed by atoms with Crippen LogP contribution in [0.3, 0.4) is 0 Å². The number of halogens is 9. The Morgan fingerprint density at radius 1 is 0.690 bits per heavy atom. The molecule has 0 aliphatic carbocycles. The number of aryl methyl sites for hydroxylation is 2. The van der Waals surface area contributed by atoms with Crippen LogP contribution < -0.4 is 4.74 Å². The molecule has 1 N–H and O–H groups in total. The van der Waals surface area contributed by atoms with Crippen molar-refractivity contribution in [1.29, 1.82) is 0 Å². The lowest BCUT2D eigenvalue weighted by atomic mass is 9.99. The number of rotatable bonds is 14. The Morgan fingerprint density at radius 3 is 1.58 bits per heavy atom. The van der Waals surface area contributed by atoms with Crippen molar-refractivity contribution >= 4 is 66.2 Å². The zero-order valence-corrected chi connectivity index (χ0v) is 41.8. The second kappa shape index (κ2) is 23.6. The third-order valence-corrected chi connectivity index (χ3v) is 12.5. The molecule has 2 atom stereocenters. The molecule has 0 saturated heterocycles. The van der Waals surface area contributed by atoms with E-state index >= 15 is 0 Å². The van der Waals surface area contributed by atoms with E-state index in [4.69, 9.17) is 4.74 Å². The molecule has 2 aromatic carbocycles. The van der Waals surface area contributed by atoms with Crippen molar-refractivity contribution in [2.24, 2.45) is 0 Å². The van der Waals surface area contributed by atoms with Gasteiger partial charge in [0.2, 0.25) is 11.6 Å². The molecule has 8 rings (SSSR count). The van der Waals surface area contributed by atoms with E-state index in [0.717, 1.165) is 33.2 Å². The van der Waals surface area contributed by atoms with Crippen molar-refractivity contribution in [1.82, 2.24) is 39.5 Å². The number of nitro groups is 2. The van der Waals surface area contributed by atoms with Crippen molar-refractivity contribution in [3.8, 4) is 28.3 Å². The highest BCUT2D eigenvalue weighted by molar-refractivity contribution is 9.10. The molecular weight excluding hydrogens is 1120 g/mol. The number of thiazole rings is 2. The second-order valence-electron chi connectivity index (χ2n) is 14.9. The predicted octanol–water partition coefficient (Wildman–Crippen LogP) is 13.0. The van der Waals surface area contributed by atoms with E-state index in [1.807, 2.05) is 6.92 Å². The lowest BCUT2D eigenvalue weighted by Crippen LogP contribution is -2.09. The summed E-state index contributed by atoms with van der Waals surface area (Å²) in [4.78, 5) is 37.5. The van der Waals surface area contributed by atoms with Gasteiger partial charge in [0.25, 0.3) is 12.9 Å². The van der Waals surface area contributed by atoms with E-state index in [-0.39, 0.29) is 30.0 Å². The number of hydrogen-bond acceptors (Lipinski definition) is 14. The molecule has 372 valence electrons. The predicted molar refractivity (Wildman–Crippen MR) is 254 cm³/mol. The molecular formula is C44H35Br2F7N10O6S2. The summed E-state index contributed by atoms with van der Waals surface area (Å²) in [5.41, 5.74) is 2.79. The second-order valence-corrected chi connectivity index (χ2v) is 19.3. The largest absolute Gasteiger partial charge is 0.478 e. The van der Waals surface area contributed by atoms with Gasteiger partial charge in [-0.25, -0.2) is 36.3 Å². The molecule has 8 aromatic rings. The van der Waals surface area contributed by atoms with E-state index in [1.54, 1.807) is 32.9 Å². The summed E-state index contributed by atoms with van der Waals surface area (Å²) in [5.74, 6) is -3.22. The maximum Gasteiger partial charge on any atom is 0.406 e. The minimum absolute atomic E-state index is 0.0853. The topological polar surface area (TPSA) is 203 Å². The molecule has 0 bridgehead atoms. The monoisotopic (exact) mass is 1150 g/mol. The lowest BCUT2D eigenvalue weighted by molar-refractivity contribution is -0.392. The van der Waals surface area contributed by atoms with Gasteiger partial charge in [0, 0.05) is 41.2 Å². The number of nitrogens with zero attached hydrogens (tertiary/aromatic N) is 10. The Labute approximate surface area is 422 Å². The van der Waals surface area contributed by atoms with Gasteiger partial charge in [0.05, 0.1) is 82.8 Å². The Hall–Kier alpha value is -6.55. The maximum absolute atomic E-state index is 14.3. The molecule has 2 unspecified atom stereocenters. The van der Waals surface area contributed by atoms with Crippen LogP contribution >= 0.6 is 54.5 Å². The molecule has 0 radical (unpaired) electrons. The molecule has 0 amide bonds. The van der Waals surface area contributed by atoms with Crippen LogP contribution in [0.5, 0.6) is 5.75 Å². The Kier molecular flexibility index (Phi) is 17.9. The van der Waals surface area contributed by atoms with E-state index < -0.39 is 64.0 Å². The van der Waals surface area contributed by atoms with Crippen molar-refractivity contribution in [2.45, 2.75) is 65.8 Å². The van der Waals surface area contributed by atoms with Crippen LogP contribution in [0.2, 0.25) is 0 Å². The molecule has 0 fully saturated rings. The molecule has 0 spiro atoms. The fourth-order valence-corrected chi connectivity index (χ4v) is 9.14. The van der Waals surface area contributed by atoms with Gasteiger partial charge >= 0.3 is 11.6 Å². The molecule has 6 heterocycles. The van der Waals surface area contributed by atoms with Gasteiger partial charge in [-0.15, -0.1) is 22.7 Å². The lowest BCUT2D eigenvalue weighted by Gasteiger charge is -2.18. The molecule has 0 aliphatic rings. The zero-order chi connectivity index (χ0) is 51.8. The average Bonchev–Trinajstić information content (AvgIpc) is 4.12. The number of pyridine rings is 2. The number of benzene rings is 2. The first kappa shape index (κ1) is 53.8. The van der Waals surface area contributed by atoms with Crippen molar-refractivity contribution < 1.29 is 50.4 Å². The van der Waals surface area contributed by atoms with E-state index in [2.05, 4.69) is 62.0 Å². The Morgan fingerprint density at radius 2 is 1.14 bits per heavy atom. The highest BCUT2D eigenvalue weighted by Gasteiger charge is 2.25. The van der Waals surface area contributed by atoms with Crippen LogP contribution in [-0.2, 0) is 13.1 Å². The minimum Gasteiger partial charge on any atom is -0.478 e. The summed E-state index contributed by atoms with van der Waals surface area (Å²) in [7, 11) is 0. The first-order chi connectivity index (χ1) is 33.6. The smallest absolute Gasteiger partial charge is 0.406 e. The molecule has 0 saturated carbocycles. The minimum atomic E-state index is -2.63. The van der Waals surface area contributed by atoms with Crippen LogP contribution in [-0.4, -0.2) is 54.5 Å². The highest BCUT2D eigenvalue weighted by atomic mass is 79.9. The normalized spacial score (nSPS) is 12.0. The van der Waals surface area contributed by atoms with Gasteiger partial charge in [0.1, 0.15) is 17.7 Å². The van der Waals surface area contributed by atoms with Crippen molar-refractivity contribution in [3.05, 3.63) is 174 Å². The summed E-state index contributed by atoms with van der Waals surface area (Å²) >= 11 is 8.91. The first-order valence-corrected chi connectivity index (χ1v) is 23.5. The van der Waals surface area contributed by atoms with Gasteiger partial charge in [-0.2, -0.15) is 14.6 Å². The van der Waals surface area contributed by atoms with Crippen LogP contribution in [0.4, 0.5) is 42.4 Å². The van der Waals surface area contributed by atoms with Gasteiger partial charge in [0.15, 0.2) is 12.4 Å². The first-order valence-electron chi connectivity index (χ1n) is 20.3.